The zero-order chi connectivity index (χ0) is 9.97. The first-order valence-electron chi connectivity index (χ1n) is 4.71. The van der Waals surface area contributed by atoms with Crippen LogP contribution in [0.1, 0.15) is 23.2 Å². The Bertz CT molecular complexity index is 321. The molecule has 0 spiro atoms. The van der Waals surface area contributed by atoms with Crippen molar-refractivity contribution in [3.63, 3.8) is 0 Å². The van der Waals surface area contributed by atoms with Crippen molar-refractivity contribution in [2.75, 3.05) is 0 Å². The van der Waals surface area contributed by atoms with Gasteiger partial charge in [-0.15, -0.1) is 0 Å². The van der Waals surface area contributed by atoms with Crippen LogP contribution in [0.25, 0.3) is 0 Å². The summed E-state index contributed by atoms with van der Waals surface area (Å²) >= 11 is 0. The Balaban J connectivity index is 1.96. The average molecular weight is 192 g/mol. The van der Waals surface area contributed by atoms with Crippen molar-refractivity contribution < 1.29 is 14.6 Å². The number of aliphatic hydroxyl groups is 1. The smallest absolute Gasteiger partial charge is 0.338 e. The van der Waals surface area contributed by atoms with Crippen molar-refractivity contribution in [3.05, 3.63) is 35.9 Å². The van der Waals surface area contributed by atoms with E-state index in [0.29, 0.717) is 5.56 Å². The molecule has 1 N–H and O–H groups in total. The van der Waals surface area contributed by atoms with E-state index in [4.69, 9.17) is 4.74 Å². The van der Waals surface area contributed by atoms with Crippen LogP contribution in [0.15, 0.2) is 30.3 Å². The molecule has 0 radical (unpaired) electrons. The summed E-state index contributed by atoms with van der Waals surface area (Å²) in [6, 6.07) is 8.82. The minimum Gasteiger partial charge on any atom is -0.456 e. The van der Waals surface area contributed by atoms with Crippen molar-refractivity contribution in [1.29, 1.82) is 0 Å². The van der Waals surface area contributed by atoms with Gasteiger partial charge in [-0.1, -0.05) is 18.2 Å². The molecule has 74 valence electrons. The molecule has 3 nitrogen and oxygen atoms in total. The molecule has 1 saturated carbocycles. The van der Waals surface area contributed by atoms with E-state index in [1.165, 1.54) is 0 Å². The summed E-state index contributed by atoms with van der Waals surface area (Å²) in [6.45, 7) is 0. The van der Waals surface area contributed by atoms with E-state index in [1.807, 2.05) is 6.07 Å². The molecular weight excluding hydrogens is 180 g/mol. The summed E-state index contributed by atoms with van der Waals surface area (Å²) < 4.78 is 5.10. The predicted octanol–water partition coefficient (Wildman–Crippen LogP) is 1.37. The summed E-state index contributed by atoms with van der Waals surface area (Å²) in [4.78, 5) is 11.5. The number of carbonyl (C=O) groups is 1. The topological polar surface area (TPSA) is 46.5 Å². The first-order chi connectivity index (χ1) is 6.77. The van der Waals surface area contributed by atoms with E-state index >= 15 is 0 Å². The second-order valence-electron chi connectivity index (χ2n) is 3.45. The molecule has 2 atom stereocenters. The molecule has 0 saturated heterocycles. The van der Waals surface area contributed by atoms with Gasteiger partial charge in [-0.2, -0.15) is 0 Å². The van der Waals surface area contributed by atoms with Gasteiger partial charge in [0.15, 0.2) is 0 Å². The number of aliphatic hydroxyl groups excluding tert-OH is 1. The standard InChI is InChI=1S/C11H12O3/c12-9-6-7-10(9)14-11(13)8-4-2-1-3-5-8/h1-5,9-10,12H,6-7H2. The van der Waals surface area contributed by atoms with Gasteiger partial charge in [0.25, 0.3) is 0 Å². The summed E-state index contributed by atoms with van der Waals surface area (Å²) in [5, 5.41) is 9.23. The van der Waals surface area contributed by atoms with Gasteiger partial charge in [0.1, 0.15) is 6.10 Å². The molecule has 0 heterocycles. The normalized spacial score (nSPS) is 25.2. The largest absolute Gasteiger partial charge is 0.456 e. The van der Waals surface area contributed by atoms with Crippen LogP contribution in [0.5, 0.6) is 0 Å². The van der Waals surface area contributed by atoms with Gasteiger partial charge < -0.3 is 9.84 Å². The third-order valence-corrected chi connectivity index (χ3v) is 2.44. The SMILES string of the molecule is O=C(OC1CCC1O)c1ccccc1. The van der Waals surface area contributed by atoms with E-state index in [-0.39, 0.29) is 12.1 Å². The number of ether oxygens (including phenoxy) is 1. The van der Waals surface area contributed by atoms with Gasteiger partial charge in [0.2, 0.25) is 0 Å². The highest BCUT2D eigenvalue weighted by atomic mass is 16.6. The molecule has 0 bridgehead atoms. The fraction of sp³-hybridized carbons (Fsp3) is 0.364. The van der Waals surface area contributed by atoms with E-state index in [1.54, 1.807) is 24.3 Å². The van der Waals surface area contributed by atoms with Crippen LogP contribution in [-0.4, -0.2) is 23.3 Å². The quantitative estimate of drug-likeness (QED) is 0.720. The summed E-state index contributed by atoms with van der Waals surface area (Å²) in [7, 11) is 0. The second kappa shape index (κ2) is 3.80. The van der Waals surface area contributed by atoms with E-state index in [9.17, 15) is 9.90 Å². The molecule has 0 aliphatic heterocycles. The van der Waals surface area contributed by atoms with Crippen molar-refractivity contribution in [3.8, 4) is 0 Å². The number of benzene rings is 1. The lowest BCUT2D eigenvalue weighted by Gasteiger charge is -2.31. The Hall–Kier alpha value is -1.35. The van der Waals surface area contributed by atoms with Gasteiger partial charge >= 0.3 is 5.97 Å². The molecule has 1 aromatic rings. The molecule has 2 rings (SSSR count). The third-order valence-electron chi connectivity index (χ3n) is 2.44. The zero-order valence-corrected chi connectivity index (χ0v) is 7.72. The lowest BCUT2D eigenvalue weighted by Crippen LogP contribution is -2.40. The fourth-order valence-electron chi connectivity index (χ4n) is 1.37. The van der Waals surface area contributed by atoms with Gasteiger partial charge in [0, 0.05) is 0 Å². The Morgan fingerprint density at radius 1 is 1.29 bits per heavy atom. The lowest BCUT2D eigenvalue weighted by atomic mass is 9.92. The van der Waals surface area contributed by atoms with Crippen LogP contribution in [0.2, 0.25) is 0 Å². The molecule has 0 amide bonds. The fourth-order valence-corrected chi connectivity index (χ4v) is 1.37. The first-order valence-corrected chi connectivity index (χ1v) is 4.71. The predicted molar refractivity (Wildman–Crippen MR) is 50.9 cm³/mol. The second-order valence-corrected chi connectivity index (χ2v) is 3.45. The lowest BCUT2D eigenvalue weighted by molar-refractivity contribution is -0.0691. The Labute approximate surface area is 82.3 Å². The van der Waals surface area contributed by atoms with Crippen molar-refractivity contribution in [2.45, 2.75) is 25.0 Å². The molecule has 1 fully saturated rings. The van der Waals surface area contributed by atoms with Crippen LogP contribution < -0.4 is 0 Å². The highest BCUT2D eigenvalue weighted by molar-refractivity contribution is 5.89. The number of rotatable bonds is 2. The highest BCUT2D eigenvalue weighted by Crippen LogP contribution is 2.23. The number of carbonyl (C=O) groups excluding carboxylic acids is 1. The van der Waals surface area contributed by atoms with E-state index in [0.717, 1.165) is 12.8 Å². The zero-order valence-electron chi connectivity index (χ0n) is 7.72. The van der Waals surface area contributed by atoms with Crippen LogP contribution in [0.3, 0.4) is 0 Å². The average Bonchev–Trinajstić information content (AvgIpc) is 2.24. The van der Waals surface area contributed by atoms with Crippen LogP contribution >= 0.6 is 0 Å². The number of esters is 1. The Morgan fingerprint density at radius 3 is 2.50 bits per heavy atom. The Kier molecular flexibility index (Phi) is 2.50. The highest BCUT2D eigenvalue weighted by Gasteiger charge is 2.32. The summed E-state index contributed by atoms with van der Waals surface area (Å²) in [5.74, 6) is -0.352. The maximum Gasteiger partial charge on any atom is 0.338 e. The molecule has 1 aliphatic carbocycles. The molecule has 3 heteroatoms. The third kappa shape index (κ3) is 1.77. The molecule has 1 aliphatic rings. The minimum absolute atomic E-state index is 0.303. The summed E-state index contributed by atoms with van der Waals surface area (Å²) in [5.41, 5.74) is 0.534. The Morgan fingerprint density at radius 2 is 2.00 bits per heavy atom. The minimum atomic E-state index is -0.470. The monoisotopic (exact) mass is 192 g/mol. The van der Waals surface area contributed by atoms with Gasteiger partial charge in [-0.3, -0.25) is 0 Å². The van der Waals surface area contributed by atoms with Crippen LogP contribution in [0.4, 0.5) is 0 Å². The molecule has 0 aromatic heterocycles. The molecule has 2 unspecified atom stereocenters. The maximum atomic E-state index is 11.5. The molecule has 1 aromatic carbocycles. The van der Waals surface area contributed by atoms with E-state index < -0.39 is 6.10 Å². The van der Waals surface area contributed by atoms with Gasteiger partial charge in [-0.05, 0) is 25.0 Å². The summed E-state index contributed by atoms with van der Waals surface area (Å²) in [6.07, 6.45) is 0.720. The van der Waals surface area contributed by atoms with Crippen LogP contribution in [-0.2, 0) is 4.74 Å². The van der Waals surface area contributed by atoms with Gasteiger partial charge in [-0.25, -0.2) is 4.79 Å². The molecule has 14 heavy (non-hydrogen) atoms. The maximum absolute atomic E-state index is 11.5. The number of hydrogen-bond donors (Lipinski definition) is 1. The van der Waals surface area contributed by atoms with Crippen molar-refractivity contribution in [2.24, 2.45) is 0 Å². The van der Waals surface area contributed by atoms with Crippen molar-refractivity contribution >= 4 is 5.97 Å². The van der Waals surface area contributed by atoms with Crippen molar-refractivity contribution in [1.82, 2.24) is 0 Å². The number of hydrogen-bond acceptors (Lipinski definition) is 3. The first kappa shape index (κ1) is 9.21. The molecular formula is C11H12O3. The van der Waals surface area contributed by atoms with E-state index in [2.05, 4.69) is 0 Å². The van der Waals surface area contributed by atoms with Gasteiger partial charge in [0.05, 0.1) is 11.7 Å². The van der Waals surface area contributed by atoms with Crippen LogP contribution in [0, 0.1) is 0 Å².